The number of carbonyl (C=O) groups is 2. The molecule has 0 saturated heterocycles. The van der Waals surface area contributed by atoms with Crippen LogP contribution in [0.25, 0.3) is 0 Å². The molecule has 0 spiro atoms. The van der Waals surface area contributed by atoms with Gasteiger partial charge in [-0.2, -0.15) is 0 Å². The van der Waals surface area contributed by atoms with E-state index in [1.807, 2.05) is 19.1 Å². The average Bonchev–Trinajstić information content (AvgIpc) is 3.16. The Balaban J connectivity index is 2.36. The molecule has 1 aliphatic rings. The summed E-state index contributed by atoms with van der Waals surface area (Å²) in [7, 11) is 0. The zero-order valence-corrected chi connectivity index (χ0v) is 38.2. The standard InChI is InChI=1S/C51H94O5/c1-7-9-11-13-15-17-19-21-23-25-27-29-31-33-35-37-41-55-48(52)46(43-45-39-40-51(6,54)47(44-45)50(3,4)5)49(53)56-42-38-36-34-32-30-28-26-24-22-20-18-16-14-12-10-8-2/h39-40,44,46-47,54H,7-38,41-43H2,1-6H3. The minimum Gasteiger partial charge on any atom is -0.465 e. The quantitative estimate of drug-likeness (QED) is 0.0383. The van der Waals surface area contributed by atoms with Gasteiger partial charge in [-0.1, -0.05) is 251 Å². The summed E-state index contributed by atoms with van der Waals surface area (Å²) in [6, 6.07) is 0. The summed E-state index contributed by atoms with van der Waals surface area (Å²) in [4.78, 5) is 26.8. The fourth-order valence-corrected chi connectivity index (χ4v) is 8.43. The second-order valence-electron chi connectivity index (χ2n) is 18.8. The fraction of sp³-hybridized carbons (Fsp3) is 0.882. The monoisotopic (exact) mass is 787 g/mol. The van der Waals surface area contributed by atoms with E-state index in [-0.39, 0.29) is 17.8 Å². The van der Waals surface area contributed by atoms with Crippen LogP contribution >= 0.6 is 0 Å². The van der Waals surface area contributed by atoms with E-state index < -0.39 is 23.5 Å². The van der Waals surface area contributed by atoms with E-state index in [1.165, 1.54) is 167 Å². The molecule has 0 aliphatic heterocycles. The van der Waals surface area contributed by atoms with Crippen LogP contribution in [-0.4, -0.2) is 35.9 Å². The van der Waals surface area contributed by atoms with Gasteiger partial charge >= 0.3 is 11.9 Å². The number of unbranched alkanes of at least 4 members (excludes halogenated alkanes) is 30. The first-order chi connectivity index (χ1) is 27.0. The van der Waals surface area contributed by atoms with Gasteiger partial charge < -0.3 is 14.6 Å². The fourth-order valence-electron chi connectivity index (χ4n) is 8.43. The highest BCUT2D eigenvalue weighted by atomic mass is 16.6. The molecule has 2 atom stereocenters. The first-order valence-corrected chi connectivity index (χ1v) is 24.5. The van der Waals surface area contributed by atoms with Crippen LogP contribution in [0, 0.1) is 17.3 Å². The lowest BCUT2D eigenvalue weighted by atomic mass is 9.68. The Morgan fingerprint density at radius 3 is 1.12 bits per heavy atom. The molecule has 0 bridgehead atoms. The lowest BCUT2D eigenvalue weighted by Gasteiger charge is -2.40. The molecule has 1 N–H and O–H groups in total. The van der Waals surface area contributed by atoms with Crippen LogP contribution in [0.15, 0.2) is 23.8 Å². The third-order valence-electron chi connectivity index (χ3n) is 12.1. The maximum Gasteiger partial charge on any atom is 0.320 e. The van der Waals surface area contributed by atoms with Crippen LogP contribution in [-0.2, 0) is 19.1 Å². The minimum absolute atomic E-state index is 0.141. The van der Waals surface area contributed by atoms with Crippen molar-refractivity contribution in [2.45, 2.75) is 259 Å². The van der Waals surface area contributed by atoms with Crippen molar-refractivity contribution < 1.29 is 24.2 Å². The lowest BCUT2D eigenvalue weighted by Crippen LogP contribution is -2.41. The van der Waals surface area contributed by atoms with Gasteiger partial charge in [0.05, 0.1) is 18.8 Å². The second kappa shape index (κ2) is 34.3. The van der Waals surface area contributed by atoms with Gasteiger partial charge in [0.15, 0.2) is 5.92 Å². The first-order valence-electron chi connectivity index (χ1n) is 24.5. The van der Waals surface area contributed by atoms with E-state index in [0.29, 0.717) is 13.2 Å². The SMILES string of the molecule is CCCCCCCCCCCCCCCCCCOC(=O)C(CC1=CC(C(C)(C)C)C(C)(O)C=C1)C(=O)OCCCCCCCCCCCCCCCCCC. The average molecular weight is 787 g/mol. The molecule has 0 saturated carbocycles. The molecule has 0 aromatic rings. The number of ether oxygens (including phenoxy) is 2. The van der Waals surface area contributed by atoms with Gasteiger partial charge in [-0.15, -0.1) is 0 Å². The minimum atomic E-state index is -0.989. The molecule has 1 rings (SSSR count). The Morgan fingerprint density at radius 1 is 0.554 bits per heavy atom. The number of aliphatic hydroxyl groups is 1. The molecule has 56 heavy (non-hydrogen) atoms. The molecule has 0 fully saturated rings. The third kappa shape index (κ3) is 27.9. The first kappa shape index (κ1) is 52.4. The van der Waals surface area contributed by atoms with Crippen molar-refractivity contribution >= 4 is 11.9 Å². The molecule has 0 radical (unpaired) electrons. The van der Waals surface area contributed by atoms with Crippen molar-refractivity contribution in [3.63, 3.8) is 0 Å². The van der Waals surface area contributed by atoms with E-state index in [2.05, 4.69) is 34.6 Å². The van der Waals surface area contributed by atoms with Crippen molar-refractivity contribution in [1.29, 1.82) is 0 Å². The summed E-state index contributed by atoms with van der Waals surface area (Å²) in [5.41, 5.74) is -0.296. The number of hydrogen-bond acceptors (Lipinski definition) is 5. The summed E-state index contributed by atoms with van der Waals surface area (Å²) in [5, 5.41) is 11.1. The third-order valence-corrected chi connectivity index (χ3v) is 12.1. The maximum atomic E-state index is 13.4. The molecule has 0 heterocycles. The largest absolute Gasteiger partial charge is 0.465 e. The molecule has 0 aromatic carbocycles. The van der Waals surface area contributed by atoms with Crippen LogP contribution < -0.4 is 0 Å². The predicted molar refractivity (Wildman–Crippen MR) is 240 cm³/mol. The number of allylic oxidation sites excluding steroid dienone is 2. The van der Waals surface area contributed by atoms with Gasteiger partial charge in [-0.25, -0.2) is 0 Å². The molecule has 328 valence electrons. The van der Waals surface area contributed by atoms with Crippen molar-refractivity contribution in [2.75, 3.05) is 13.2 Å². The summed E-state index contributed by atoms with van der Waals surface area (Å²) >= 11 is 0. The van der Waals surface area contributed by atoms with E-state index in [4.69, 9.17) is 9.47 Å². The van der Waals surface area contributed by atoms with Crippen LogP contribution in [0.5, 0.6) is 0 Å². The Hall–Kier alpha value is -1.62. The lowest BCUT2D eigenvalue weighted by molar-refractivity contribution is -0.162. The predicted octanol–water partition coefficient (Wildman–Crippen LogP) is 15.5. The highest BCUT2D eigenvalue weighted by molar-refractivity contribution is 5.95. The van der Waals surface area contributed by atoms with Crippen molar-refractivity contribution in [3.8, 4) is 0 Å². The van der Waals surface area contributed by atoms with Crippen LogP contribution in [0.4, 0.5) is 0 Å². The highest BCUT2D eigenvalue weighted by Crippen LogP contribution is 2.41. The molecule has 5 nitrogen and oxygen atoms in total. The van der Waals surface area contributed by atoms with Crippen LogP contribution in [0.1, 0.15) is 253 Å². The highest BCUT2D eigenvalue weighted by Gasteiger charge is 2.40. The van der Waals surface area contributed by atoms with Gasteiger partial charge in [-0.05, 0) is 31.6 Å². The maximum absolute atomic E-state index is 13.4. The Bertz CT molecular complexity index is 954. The molecular formula is C51H94O5. The molecule has 5 heteroatoms. The van der Waals surface area contributed by atoms with Crippen molar-refractivity contribution in [2.24, 2.45) is 17.3 Å². The Labute approximate surface area is 348 Å². The van der Waals surface area contributed by atoms with E-state index in [9.17, 15) is 14.7 Å². The molecule has 0 aromatic heterocycles. The summed E-state index contributed by atoms with van der Waals surface area (Å²) < 4.78 is 11.4. The van der Waals surface area contributed by atoms with Crippen molar-refractivity contribution in [1.82, 2.24) is 0 Å². The summed E-state index contributed by atoms with van der Waals surface area (Å²) in [6.45, 7) is 13.4. The Kier molecular flexibility index (Phi) is 32.1. The van der Waals surface area contributed by atoms with E-state index in [0.717, 1.165) is 44.1 Å². The second-order valence-corrected chi connectivity index (χ2v) is 18.8. The zero-order chi connectivity index (χ0) is 41.2. The summed E-state index contributed by atoms with van der Waals surface area (Å²) in [6.07, 6.45) is 47.4. The Morgan fingerprint density at radius 2 is 0.839 bits per heavy atom. The van der Waals surface area contributed by atoms with Crippen LogP contribution in [0.2, 0.25) is 0 Å². The number of rotatable bonds is 38. The van der Waals surface area contributed by atoms with Gasteiger partial charge in [0.2, 0.25) is 0 Å². The van der Waals surface area contributed by atoms with Gasteiger partial charge in [-0.3, -0.25) is 9.59 Å². The van der Waals surface area contributed by atoms with Gasteiger partial charge in [0, 0.05) is 5.92 Å². The van der Waals surface area contributed by atoms with E-state index in [1.54, 1.807) is 6.08 Å². The number of esters is 2. The molecule has 2 unspecified atom stereocenters. The molecule has 0 amide bonds. The summed E-state index contributed by atoms with van der Waals surface area (Å²) in [5.74, 6) is -2.10. The molecular weight excluding hydrogens is 693 g/mol. The zero-order valence-electron chi connectivity index (χ0n) is 38.2. The molecule has 1 aliphatic carbocycles. The van der Waals surface area contributed by atoms with Crippen LogP contribution in [0.3, 0.4) is 0 Å². The number of hydrogen-bond donors (Lipinski definition) is 1. The smallest absolute Gasteiger partial charge is 0.320 e. The number of carbonyl (C=O) groups excluding carboxylic acids is 2. The van der Waals surface area contributed by atoms with Gasteiger partial charge in [0.25, 0.3) is 0 Å². The topological polar surface area (TPSA) is 72.8 Å². The van der Waals surface area contributed by atoms with Gasteiger partial charge in [0.1, 0.15) is 0 Å². The van der Waals surface area contributed by atoms with E-state index >= 15 is 0 Å². The normalized spacial score (nSPS) is 17.1. The van der Waals surface area contributed by atoms with Crippen molar-refractivity contribution in [3.05, 3.63) is 23.8 Å².